The van der Waals surface area contributed by atoms with E-state index < -0.39 is 0 Å². The van der Waals surface area contributed by atoms with Crippen LogP contribution in [0.25, 0.3) is 0 Å². The Hall–Kier alpha value is -1.84. The predicted octanol–water partition coefficient (Wildman–Crippen LogP) is 2.44. The van der Waals surface area contributed by atoms with E-state index in [0.717, 1.165) is 29.7 Å². The van der Waals surface area contributed by atoms with Crippen molar-refractivity contribution < 1.29 is 14.3 Å². The third-order valence-electron chi connectivity index (χ3n) is 3.99. The Morgan fingerprint density at radius 3 is 2.40 bits per heavy atom. The van der Waals surface area contributed by atoms with Crippen LogP contribution >= 0.6 is 0 Å². The van der Waals surface area contributed by atoms with E-state index in [9.17, 15) is 9.59 Å². The average Bonchev–Trinajstić information content (AvgIpc) is 2.46. The Bertz CT molecular complexity index is 516. The lowest BCUT2D eigenvalue weighted by Crippen LogP contribution is -2.39. The molecule has 0 atom stereocenters. The summed E-state index contributed by atoms with van der Waals surface area (Å²) in [5.74, 6) is 1.10. The van der Waals surface area contributed by atoms with Crippen molar-refractivity contribution >= 4 is 11.7 Å². The van der Waals surface area contributed by atoms with Crippen LogP contribution in [0.4, 0.5) is 0 Å². The molecule has 0 aliphatic carbocycles. The van der Waals surface area contributed by atoms with Gasteiger partial charge in [-0.25, -0.2) is 0 Å². The largest absolute Gasteiger partial charge is 0.496 e. The molecule has 4 nitrogen and oxygen atoms in total. The number of ketones is 1. The highest BCUT2D eigenvalue weighted by Crippen LogP contribution is 2.25. The number of ether oxygens (including phenoxy) is 1. The third-order valence-corrected chi connectivity index (χ3v) is 3.99. The molecule has 0 saturated carbocycles. The lowest BCUT2D eigenvalue weighted by atomic mass is 9.88. The number of nitrogens with zero attached hydrogens (tertiary/aromatic N) is 1. The summed E-state index contributed by atoms with van der Waals surface area (Å²) in [5, 5.41) is 0. The van der Waals surface area contributed by atoms with Crippen molar-refractivity contribution in [2.75, 3.05) is 20.2 Å². The molecule has 0 radical (unpaired) electrons. The van der Waals surface area contributed by atoms with Crippen LogP contribution < -0.4 is 4.74 Å². The number of carbonyl (C=O) groups is 2. The Labute approximate surface area is 119 Å². The number of aryl methyl sites for hydroxylation is 1. The van der Waals surface area contributed by atoms with Crippen LogP contribution in [0.1, 0.15) is 35.7 Å². The number of hydrogen-bond acceptors (Lipinski definition) is 3. The molecule has 0 unspecified atom stereocenters. The first-order chi connectivity index (χ1) is 9.52. The van der Waals surface area contributed by atoms with Gasteiger partial charge >= 0.3 is 0 Å². The first-order valence-electron chi connectivity index (χ1n) is 6.97. The molecule has 1 aliphatic rings. The van der Waals surface area contributed by atoms with Crippen LogP contribution in [0, 0.1) is 12.8 Å². The normalized spacial score (nSPS) is 16.1. The van der Waals surface area contributed by atoms with E-state index in [-0.39, 0.29) is 17.6 Å². The molecule has 108 valence electrons. The van der Waals surface area contributed by atoms with E-state index >= 15 is 0 Å². The number of methoxy groups -OCH3 is 1. The number of piperidine rings is 1. The van der Waals surface area contributed by atoms with Crippen LogP contribution in [0.3, 0.4) is 0 Å². The van der Waals surface area contributed by atoms with Crippen LogP contribution in [-0.2, 0) is 4.79 Å². The van der Waals surface area contributed by atoms with E-state index in [1.165, 1.54) is 0 Å². The molecule has 4 heteroatoms. The van der Waals surface area contributed by atoms with E-state index in [1.807, 2.05) is 30.0 Å². The zero-order valence-corrected chi connectivity index (χ0v) is 12.3. The van der Waals surface area contributed by atoms with Crippen LogP contribution in [0.5, 0.6) is 5.75 Å². The number of hydrogen-bond donors (Lipinski definition) is 0. The zero-order chi connectivity index (χ0) is 14.7. The number of carbonyl (C=O) groups excluding carboxylic acids is 2. The van der Waals surface area contributed by atoms with Gasteiger partial charge in [-0.2, -0.15) is 0 Å². The SMILES string of the molecule is COc1ccc(C(=O)C2CCN(C(C)=O)CC2)cc1C. The fourth-order valence-electron chi connectivity index (χ4n) is 2.72. The molecule has 1 aromatic carbocycles. The summed E-state index contributed by atoms with van der Waals surface area (Å²) in [5.41, 5.74) is 1.71. The molecule has 1 heterocycles. The molecule has 1 aliphatic heterocycles. The quantitative estimate of drug-likeness (QED) is 0.796. The van der Waals surface area contributed by atoms with Gasteiger partial charge in [0.25, 0.3) is 0 Å². The molecule has 0 spiro atoms. The summed E-state index contributed by atoms with van der Waals surface area (Å²) in [6.07, 6.45) is 1.51. The van der Waals surface area contributed by atoms with Gasteiger partial charge in [-0.05, 0) is 43.5 Å². The Kier molecular flexibility index (Phi) is 4.42. The van der Waals surface area contributed by atoms with Gasteiger partial charge in [0.2, 0.25) is 5.91 Å². The number of benzene rings is 1. The highest BCUT2D eigenvalue weighted by molar-refractivity contribution is 5.98. The van der Waals surface area contributed by atoms with Crippen molar-refractivity contribution in [3.63, 3.8) is 0 Å². The first-order valence-corrected chi connectivity index (χ1v) is 6.97. The topological polar surface area (TPSA) is 46.6 Å². The van der Waals surface area contributed by atoms with Gasteiger partial charge in [0, 0.05) is 31.5 Å². The number of amides is 1. The van der Waals surface area contributed by atoms with E-state index in [4.69, 9.17) is 4.74 Å². The van der Waals surface area contributed by atoms with E-state index in [0.29, 0.717) is 13.1 Å². The molecule has 1 amide bonds. The second-order valence-electron chi connectivity index (χ2n) is 5.33. The monoisotopic (exact) mass is 275 g/mol. The van der Waals surface area contributed by atoms with Gasteiger partial charge in [0.1, 0.15) is 5.75 Å². The lowest BCUT2D eigenvalue weighted by Gasteiger charge is -2.30. The smallest absolute Gasteiger partial charge is 0.219 e. The molecule has 1 saturated heterocycles. The fraction of sp³-hybridized carbons (Fsp3) is 0.500. The molecule has 0 bridgehead atoms. The van der Waals surface area contributed by atoms with Gasteiger partial charge in [-0.1, -0.05) is 0 Å². The Morgan fingerprint density at radius 1 is 1.25 bits per heavy atom. The molecule has 0 aromatic heterocycles. The lowest BCUT2D eigenvalue weighted by molar-refractivity contribution is -0.130. The Morgan fingerprint density at radius 2 is 1.90 bits per heavy atom. The summed E-state index contributed by atoms with van der Waals surface area (Å²) < 4.78 is 5.21. The molecule has 1 fully saturated rings. The summed E-state index contributed by atoms with van der Waals surface area (Å²) in [6, 6.07) is 5.55. The van der Waals surface area contributed by atoms with E-state index in [1.54, 1.807) is 14.0 Å². The highest BCUT2D eigenvalue weighted by Gasteiger charge is 2.26. The number of likely N-dealkylation sites (tertiary alicyclic amines) is 1. The van der Waals surface area contributed by atoms with Crippen molar-refractivity contribution in [1.82, 2.24) is 4.90 Å². The summed E-state index contributed by atoms with van der Waals surface area (Å²) >= 11 is 0. The molecule has 1 aromatic rings. The van der Waals surface area contributed by atoms with Gasteiger partial charge in [0.05, 0.1) is 7.11 Å². The van der Waals surface area contributed by atoms with Crippen LogP contribution in [0.15, 0.2) is 18.2 Å². The zero-order valence-electron chi connectivity index (χ0n) is 12.3. The summed E-state index contributed by atoms with van der Waals surface area (Å²) in [4.78, 5) is 25.6. The molecule has 0 N–H and O–H groups in total. The minimum atomic E-state index is 0.0263. The predicted molar refractivity (Wildman–Crippen MR) is 77.0 cm³/mol. The standard InChI is InChI=1S/C16H21NO3/c1-11-10-14(4-5-15(11)20-3)16(19)13-6-8-17(9-7-13)12(2)18/h4-5,10,13H,6-9H2,1-3H3. The summed E-state index contributed by atoms with van der Waals surface area (Å²) in [6.45, 7) is 4.88. The molecular weight excluding hydrogens is 254 g/mol. The fourth-order valence-corrected chi connectivity index (χ4v) is 2.72. The molecule has 20 heavy (non-hydrogen) atoms. The average molecular weight is 275 g/mol. The third kappa shape index (κ3) is 3.00. The van der Waals surface area contributed by atoms with Crippen LogP contribution in [-0.4, -0.2) is 36.8 Å². The van der Waals surface area contributed by atoms with E-state index in [2.05, 4.69) is 0 Å². The minimum absolute atomic E-state index is 0.0263. The van der Waals surface area contributed by atoms with Gasteiger partial charge in [-0.15, -0.1) is 0 Å². The van der Waals surface area contributed by atoms with Crippen molar-refractivity contribution in [3.8, 4) is 5.75 Å². The number of Topliss-reactive ketones (excluding diaryl/α,β-unsaturated/α-hetero) is 1. The van der Waals surface area contributed by atoms with Crippen LogP contribution in [0.2, 0.25) is 0 Å². The summed E-state index contributed by atoms with van der Waals surface area (Å²) in [7, 11) is 1.63. The second-order valence-corrected chi connectivity index (χ2v) is 5.33. The van der Waals surface area contributed by atoms with Gasteiger partial charge < -0.3 is 9.64 Å². The van der Waals surface area contributed by atoms with Crippen molar-refractivity contribution in [1.29, 1.82) is 0 Å². The second kappa shape index (κ2) is 6.07. The minimum Gasteiger partial charge on any atom is -0.496 e. The van der Waals surface area contributed by atoms with Crippen molar-refractivity contribution in [2.24, 2.45) is 5.92 Å². The Balaban J connectivity index is 2.05. The van der Waals surface area contributed by atoms with Crippen molar-refractivity contribution in [3.05, 3.63) is 29.3 Å². The molecular formula is C16H21NO3. The van der Waals surface area contributed by atoms with Gasteiger partial charge in [0.15, 0.2) is 5.78 Å². The maximum absolute atomic E-state index is 12.5. The van der Waals surface area contributed by atoms with Gasteiger partial charge in [-0.3, -0.25) is 9.59 Å². The van der Waals surface area contributed by atoms with Crippen molar-refractivity contribution in [2.45, 2.75) is 26.7 Å². The first kappa shape index (κ1) is 14.6. The number of rotatable bonds is 3. The maximum atomic E-state index is 12.5. The molecule has 2 rings (SSSR count). The highest BCUT2D eigenvalue weighted by atomic mass is 16.5. The maximum Gasteiger partial charge on any atom is 0.219 e.